The largest absolute Gasteiger partial charge is 0.364 e. The average molecular weight is 608 g/mol. The van der Waals surface area contributed by atoms with E-state index in [0.717, 1.165) is 62.7 Å². The van der Waals surface area contributed by atoms with E-state index in [4.69, 9.17) is 5.73 Å². The summed E-state index contributed by atoms with van der Waals surface area (Å²) in [4.78, 5) is 55.4. The molecule has 1 aliphatic carbocycles. The lowest BCUT2D eigenvalue weighted by atomic mass is 9.83. The number of carbonyl (C=O) groups is 4. The lowest BCUT2D eigenvalue weighted by molar-refractivity contribution is -0.137. The molecule has 1 aromatic heterocycles. The maximum absolute atomic E-state index is 13.7. The first-order valence-electron chi connectivity index (χ1n) is 16.2. The lowest BCUT2D eigenvalue weighted by Gasteiger charge is -2.34. The number of amides is 4. The van der Waals surface area contributed by atoms with Crippen LogP contribution in [-0.2, 0) is 33.9 Å². The maximum Gasteiger partial charge on any atom is 0.266 e. The van der Waals surface area contributed by atoms with Gasteiger partial charge in [-0.1, -0.05) is 56.9 Å². The van der Waals surface area contributed by atoms with E-state index in [0.29, 0.717) is 50.4 Å². The molecular formula is C33H49N7O4. The third-order valence-electron chi connectivity index (χ3n) is 9.02. The third kappa shape index (κ3) is 8.68. The number of nitrogens with one attached hydrogen (secondary N) is 2. The number of aryl methyl sites for hydroxylation is 1. The Balaban J connectivity index is 1.44. The second kappa shape index (κ2) is 15.8. The van der Waals surface area contributed by atoms with E-state index >= 15 is 0 Å². The second-order valence-corrected chi connectivity index (χ2v) is 12.2. The quantitative estimate of drug-likeness (QED) is 0.317. The number of likely N-dealkylation sites (N-methyl/N-ethyl adjacent to an activating group) is 1. The van der Waals surface area contributed by atoms with Crippen molar-refractivity contribution in [1.29, 1.82) is 0 Å². The summed E-state index contributed by atoms with van der Waals surface area (Å²) >= 11 is 0. The molecule has 2 heterocycles. The van der Waals surface area contributed by atoms with Gasteiger partial charge in [0.05, 0.1) is 11.6 Å². The molecule has 11 heteroatoms. The lowest BCUT2D eigenvalue weighted by Crippen LogP contribution is -2.54. The Morgan fingerprint density at radius 1 is 0.955 bits per heavy atom. The van der Waals surface area contributed by atoms with Gasteiger partial charge in [-0.25, -0.2) is 0 Å². The van der Waals surface area contributed by atoms with Crippen LogP contribution in [0, 0.1) is 5.92 Å². The van der Waals surface area contributed by atoms with Crippen LogP contribution in [0.25, 0.3) is 0 Å². The van der Waals surface area contributed by atoms with Crippen LogP contribution in [0.4, 0.5) is 0 Å². The molecule has 2 aliphatic rings. The minimum atomic E-state index is -0.620. The van der Waals surface area contributed by atoms with E-state index < -0.39 is 17.9 Å². The molecular weight excluding hydrogens is 558 g/mol. The zero-order valence-corrected chi connectivity index (χ0v) is 26.5. The Bertz CT molecular complexity index is 1280. The summed E-state index contributed by atoms with van der Waals surface area (Å²) in [5.41, 5.74) is 8.40. The average Bonchev–Trinajstić information content (AvgIpc) is 3.28. The molecule has 1 aliphatic heterocycles. The van der Waals surface area contributed by atoms with Crippen molar-refractivity contribution in [3.63, 3.8) is 0 Å². The number of primary amides is 1. The molecule has 0 bridgehead atoms. The number of hydrogen-bond acceptors (Lipinski definition) is 6. The summed E-state index contributed by atoms with van der Waals surface area (Å²) in [6.07, 6.45) is 7.08. The Labute approximate surface area is 260 Å². The van der Waals surface area contributed by atoms with Crippen LogP contribution in [0.2, 0.25) is 0 Å². The van der Waals surface area contributed by atoms with Gasteiger partial charge >= 0.3 is 0 Å². The van der Waals surface area contributed by atoms with Gasteiger partial charge in [-0.3, -0.25) is 23.9 Å². The summed E-state index contributed by atoms with van der Waals surface area (Å²) in [7, 11) is 2.04. The number of rotatable bonds is 12. The highest BCUT2D eigenvalue weighted by Crippen LogP contribution is 2.35. The minimum Gasteiger partial charge on any atom is -0.364 e. The molecule has 2 fully saturated rings. The van der Waals surface area contributed by atoms with Gasteiger partial charge in [-0.15, -0.1) is 0 Å². The number of nitrogens with two attached hydrogens (primary N) is 1. The normalized spacial score (nSPS) is 17.8. The monoisotopic (exact) mass is 607 g/mol. The van der Waals surface area contributed by atoms with Gasteiger partial charge in [0.15, 0.2) is 0 Å². The van der Waals surface area contributed by atoms with Gasteiger partial charge in [0.25, 0.3) is 5.91 Å². The highest BCUT2D eigenvalue weighted by atomic mass is 16.2. The molecule has 0 spiro atoms. The predicted octanol–water partition coefficient (Wildman–Crippen LogP) is 2.58. The minimum absolute atomic E-state index is 0.0502. The van der Waals surface area contributed by atoms with E-state index in [1.54, 1.807) is 17.7 Å². The molecule has 11 nitrogen and oxygen atoms in total. The van der Waals surface area contributed by atoms with Crippen molar-refractivity contribution < 1.29 is 19.2 Å². The molecule has 240 valence electrons. The Kier molecular flexibility index (Phi) is 11.9. The number of nitrogens with zero attached hydrogens (tertiary/aromatic N) is 4. The van der Waals surface area contributed by atoms with Crippen LogP contribution < -0.4 is 16.4 Å². The van der Waals surface area contributed by atoms with Crippen molar-refractivity contribution in [2.75, 3.05) is 33.2 Å². The van der Waals surface area contributed by atoms with E-state index in [1.165, 1.54) is 0 Å². The fourth-order valence-electron chi connectivity index (χ4n) is 6.33. The van der Waals surface area contributed by atoms with E-state index in [2.05, 4.69) is 20.6 Å². The summed E-state index contributed by atoms with van der Waals surface area (Å²) in [6, 6.07) is 8.87. The van der Waals surface area contributed by atoms with Gasteiger partial charge in [0.1, 0.15) is 11.7 Å². The highest BCUT2D eigenvalue weighted by Gasteiger charge is 2.33. The van der Waals surface area contributed by atoms with Crippen molar-refractivity contribution >= 4 is 23.6 Å². The van der Waals surface area contributed by atoms with Crippen LogP contribution in [0.15, 0.2) is 30.3 Å². The summed E-state index contributed by atoms with van der Waals surface area (Å²) in [5.74, 6) is -1.15. The van der Waals surface area contributed by atoms with Crippen molar-refractivity contribution in [3.05, 3.63) is 52.8 Å². The number of piperazine rings is 1. The highest BCUT2D eigenvalue weighted by molar-refractivity contribution is 5.92. The number of benzene rings is 1. The molecule has 0 radical (unpaired) electrons. The van der Waals surface area contributed by atoms with Crippen molar-refractivity contribution in [1.82, 2.24) is 30.2 Å². The first kappa shape index (κ1) is 33.2. The smallest absolute Gasteiger partial charge is 0.266 e. The Morgan fingerprint density at radius 2 is 1.59 bits per heavy atom. The second-order valence-electron chi connectivity index (χ2n) is 12.2. The number of hydrogen-bond donors (Lipinski definition) is 3. The van der Waals surface area contributed by atoms with Crippen LogP contribution in [0.5, 0.6) is 0 Å². The molecule has 1 saturated carbocycles. The van der Waals surface area contributed by atoms with Crippen molar-refractivity contribution in [2.24, 2.45) is 11.7 Å². The zero-order chi connectivity index (χ0) is 31.6. The first-order valence-corrected chi connectivity index (χ1v) is 16.2. The van der Waals surface area contributed by atoms with Gasteiger partial charge in [-0.05, 0) is 49.9 Å². The van der Waals surface area contributed by atoms with Crippen LogP contribution in [0.1, 0.15) is 92.0 Å². The molecule has 4 amide bonds. The topological polar surface area (TPSA) is 143 Å². The van der Waals surface area contributed by atoms with Crippen LogP contribution in [-0.4, -0.2) is 82.5 Å². The molecule has 0 unspecified atom stereocenters. The molecule has 44 heavy (non-hydrogen) atoms. The van der Waals surface area contributed by atoms with Gasteiger partial charge in [-0.2, -0.15) is 5.10 Å². The maximum atomic E-state index is 13.7. The van der Waals surface area contributed by atoms with E-state index in [-0.39, 0.29) is 23.6 Å². The third-order valence-corrected chi connectivity index (χ3v) is 9.02. The first-order chi connectivity index (χ1) is 21.2. The van der Waals surface area contributed by atoms with Gasteiger partial charge in [0, 0.05) is 52.1 Å². The SMILES string of the molecule is CCC(=O)N[C@H](Cc1ccc(CNC(=O)[C@H](c2cc(C(N)=O)n(CC)n2)C2CCCCCC2)cc1)C(=O)N1CCN(C)CC1. The number of aromatic nitrogens is 2. The van der Waals surface area contributed by atoms with Crippen LogP contribution in [0.3, 0.4) is 0 Å². The van der Waals surface area contributed by atoms with Gasteiger partial charge in [0.2, 0.25) is 17.7 Å². The summed E-state index contributed by atoms with van der Waals surface area (Å²) < 4.78 is 1.58. The van der Waals surface area contributed by atoms with E-state index in [9.17, 15) is 19.2 Å². The summed E-state index contributed by atoms with van der Waals surface area (Å²) in [6.45, 7) is 7.44. The van der Waals surface area contributed by atoms with Gasteiger partial charge < -0.3 is 26.2 Å². The predicted molar refractivity (Wildman–Crippen MR) is 169 cm³/mol. The van der Waals surface area contributed by atoms with Crippen LogP contribution >= 0.6 is 0 Å². The molecule has 2 atom stereocenters. The van der Waals surface area contributed by atoms with Crippen molar-refractivity contribution in [3.8, 4) is 0 Å². The summed E-state index contributed by atoms with van der Waals surface area (Å²) in [5, 5.41) is 10.7. The molecule has 1 saturated heterocycles. The fraction of sp³-hybridized carbons (Fsp3) is 0.606. The molecule has 1 aromatic carbocycles. The zero-order valence-electron chi connectivity index (χ0n) is 26.5. The van der Waals surface area contributed by atoms with E-state index in [1.807, 2.05) is 43.1 Å². The van der Waals surface area contributed by atoms with Crippen molar-refractivity contribution in [2.45, 2.75) is 90.3 Å². The number of carbonyl (C=O) groups excluding carboxylic acids is 4. The fourth-order valence-corrected chi connectivity index (χ4v) is 6.33. The Hall–Kier alpha value is -3.73. The standard InChI is InChI=1S/C33H49N7O4/c1-4-29(41)36-27(33(44)39-18-16-38(3)17-19-39)20-23-12-14-24(15-13-23)22-35-32(43)30(25-10-8-6-7-9-11-25)26-21-28(31(34)42)40(5-2)37-26/h12-15,21,25,27,30H,4-11,16-20,22H2,1-3H3,(H2,34,42)(H,35,43)(H,36,41)/t27-,30+/m1/s1. The molecule has 4 N–H and O–H groups in total. The molecule has 2 aromatic rings. The molecule has 4 rings (SSSR count). The Morgan fingerprint density at radius 3 is 2.16 bits per heavy atom.